The maximum Gasteiger partial charge on any atom is 0.262 e. The summed E-state index contributed by atoms with van der Waals surface area (Å²) in [6.07, 6.45) is 1.56. The summed E-state index contributed by atoms with van der Waals surface area (Å²) in [6.45, 7) is 6.75. The van der Waals surface area contributed by atoms with E-state index >= 15 is 0 Å². The summed E-state index contributed by atoms with van der Waals surface area (Å²) in [5, 5.41) is 8.79. The minimum atomic E-state index is -3.57. The predicted octanol–water partition coefficient (Wildman–Crippen LogP) is -0.134. The zero-order valence-electron chi connectivity index (χ0n) is 16.2. The summed E-state index contributed by atoms with van der Waals surface area (Å²) in [4.78, 5) is 8.39. The molecule has 11 heteroatoms. The van der Waals surface area contributed by atoms with E-state index in [1.807, 2.05) is 12.1 Å². The molecule has 4 rings (SSSR count). The monoisotopic (exact) mass is 407 g/mol. The lowest BCUT2D eigenvalue weighted by atomic mass is 10.3. The molecule has 0 spiro atoms. The van der Waals surface area contributed by atoms with E-state index in [0.717, 1.165) is 24.7 Å². The molecule has 0 bridgehead atoms. The van der Waals surface area contributed by atoms with E-state index in [1.165, 1.54) is 4.31 Å². The van der Waals surface area contributed by atoms with Gasteiger partial charge in [-0.1, -0.05) is 0 Å². The first kappa shape index (κ1) is 19.1. The van der Waals surface area contributed by atoms with Crippen molar-refractivity contribution in [2.45, 2.75) is 11.9 Å². The highest BCUT2D eigenvalue weighted by molar-refractivity contribution is 7.89. The SMILES string of the molecule is Cc1nc(S(=O)(=O)N2CCN(c3ccc(N4CCOCC4)nn3)CC2)cn1C. The van der Waals surface area contributed by atoms with Crippen molar-refractivity contribution in [3.63, 3.8) is 0 Å². The van der Waals surface area contributed by atoms with Gasteiger partial charge in [0.1, 0.15) is 5.82 Å². The molecule has 2 fully saturated rings. The van der Waals surface area contributed by atoms with Crippen molar-refractivity contribution >= 4 is 21.7 Å². The topological polar surface area (TPSA) is 96.7 Å². The first-order chi connectivity index (χ1) is 13.4. The normalized spacial score (nSPS) is 19.2. The molecule has 2 aromatic heterocycles. The van der Waals surface area contributed by atoms with E-state index in [-0.39, 0.29) is 5.03 Å². The molecule has 2 aromatic rings. The summed E-state index contributed by atoms with van der Waals surface area (Å²) < 4.78 is 34.2. The molecule has 10 nitrogen and oxygen atoms in total. The number of morpholine rings is 1. The van der Waals surface area contributed by atoms with Crippen molar-refractivity contribution in [1.82, 2.24) is 24.1 Å². The molecule has 0 amide bonds. The van der Waals surface area contributed by atoms with Crippen LogP contribution in [0.4, 0.5) is 11.6 Å². The second-order valence-electron chi connectivity index (χ2n) is 6.98. The molecule has 152 valence electrons. The Morgan fingerprint density at radius 2 is 1.50 bits per heavy atom. The number of piperazine rings is 1. The molecule has 4 heterocycles. The Morgan fingerprint density at radius 1 is 0.929 bits per heavy atom. The standard InChI is InChI=1S/C17H25N7O3S/c1-14-18-17(13-21(14)2)28(25,26)24-7-5-22(6-8-24)15-3-4-16(20-19-15)23-9-11-27-12-10-23/h3-4,13H,5-12H2,1-2H3. The second kappa shape index (κ2) is 7.64. The van der Waals surface area contributed by atoms with E-state index in [9.17, 15) is 8.42 Å². The van der Waals surface area contributed by atoms with Crippen molar-refractivity contribution in [3.8, 4) is 0 Å². The number of hydrogen-bond acceptors (Lipinski definition) is 8. The average Bonchev–Trinajstić information content (AvgIpc) is 3.08. The molecule has 0 aliphatic carbocycles. The van der Waals surface area contributed by atoms with Crippen LogP contribution in [0.5, 0.6) is 0 Å². The lowest BCUT2D eigenvalue weighted by Gasteiger charge is -2.34. The molecular formula is C17H25N7O3S. The first-order valence-corrected chi connectivity index (χ1v) is 10.8. The van der Waals surface area contributed by atoms with Crippen LogP contribution in [0.3, 0.4) is 0 Å². The molecule has 0 N–H and O–H groups in total. The minimum Gasteiger partial charge on any atom is -0.378 e. The fourth-order valence-corrected chi connectivity index (χ4v) is 4.84. The van der Waals surface area contributed by atoms with Crippen LogP contribution < -0.4 is 9.80 Å². The van der Waals surface area contributed by atoms with Crippen LogP contribution in [-0.2, 0) is 21.8 Å². The van der Waals surface area contributed by atoms with Gasteiger partial charge in [0, 0.05) is 52.5 Å². The van der Waals surface area contributed by atoms with E-state index in [1.54, 1.807) is 24.7 Å². The molecule has 28 heavy (non-hydrogen) atoms. The third-order valence-electron chi connectivity index (χ3n) is 5.22. The van der Waals surface area contributed by atoms with Crippen molar-refractivity contribution in [2.24, 2.45) is 7.05 Å². The van der Waals surface area contributed by atoms with Gasteiger partial charge in [-0.2, -0.15) is 4.31 Å². The van der Waals surface area contributed by atoms with Crippen LogP contribution in [-0.4, -0.2) is 85.0 Å². The predicted molar refractivity (Wildman–Crippen MR) is 104 cm³/mol. The lowest BCUT2D eigenvalue weighted by molar-refractivity contribution is 0.122. The van der Waals surface area contributed by atoms with Crippen molar-refractivity contribution in [3.05, 3.63) is 24.2 Å². The van der Waals surface area contributed by atoms with Gasteiger partial charge in [0.15, 0.2) is 16.7 Å². The highest BCUT2D eigenvalue weighted by atomic mass is 32.2. The van der Waals surface area contributed by atoms with E-state index in [0.29, 0.717) is 45.2 Å². The number of sulfonamides is 1. The van der Waals surface area contributed by atoms with Gasteiger partial charge in [-0.05, 0) is 19.1 Å². The zero-order chi connectivity index (χ0) is 19.7. The van der Waals surface area contributed by atoms with Crippen molar-refractivity contribution in [1.29, 1.82) is 0 Å². The molecule has 2 aliphatic rings. The Bertz CT molecular complexity index is 895. The van der Waals surface area contributed by atoms with Crippen molar-refractivity contribution < 1.29 is 13.2 Å². The lowest BCUT2D eigenvalue weighted by Crippen LogP contribution is -2.49. The Hall–Kier alpha value is -2.24. The summed E-state index contributed by atoms with van der Waals surface area (Å²) in [6, 6.07) is 3.91. The largest absolute Gasteiger partial charge is 0.378 e. The van der Waals surface area contributed by atoms with E-state index in [2.05, 4.69) is 25.0 Å². The Kier molecular flexibility index (Phi) is 5.21. The second-order valence-corrected chi connectivity index (χ2v) is 8.86. The maximum atomic E-state index is 12.8. The molecule has 2 aliphatic heterocycles. The van der Waals surface area contributed by atoms with Gasteiger partial charge in [-0.15, -0.1) is 10.2 Å². The maximum absolute atomic E-state index is 12.8. The van der Waals surface area contributed by atoms with E-state index in [4.69, 9.17) is 4.74 Å². The van der Waals surface area contributed by atoms with Crippen LogP contribution in [0.1, 0.15) is 5.82 Å². The van der Waals surface area contributed by atoms with Gasteiger partial charge >= 0.3 is 0 Å². The van der Waals surface area contributed by atoms with Crippen molar-refractivity contribution in [2.75, 3.05) is 62.3 Å². The molecule has 0 radical (unpaired) electrons. The van der Waals surface area contributed by atoms with Crippen LogP contribution in [0.25, 0.3) is 0 Å². The summed E-state index contributed by atoms with van der Waals surface area (Å²) in [5.41, 5.74) is 0. The van der Waals surface area contributed by atoms with Crippen LogP contribution in [0.15, 0.2) is 23.4 Å². The number of hydrogen-bond donors (Lipinski definition) is 0. The molecule has 0 atom stereocenters. The number of rotatable bonds is 4. The Morgan fingerprint density at radius 3 is 2.00 bits per heavy atom. The Labute approximate surface area is 164 Å². The number of nitrogens with zero attached hydrogens (tertiary/aromatic N) is 7. The third kappa shape index (κ3) is 3.69. The van der Waals surface area contributed by atoms with Gasteiger partial charge < -0.3 is 19.1 Å². The molecule has 2 saturated heterocycles. The molecule has 0 unspecified atom stereocenters. The van der Waals surface area contributed by atoms with E-state index < -0.39 is 10.0 Å². The van der Waals surface area contributed by atoms with Crippen LogP contribution in [0, 0.1) is 6.92 Å². The molecule has 0 saturated carbocycles. The molecule has 0 aromatic carbocycles. The van der Waals surface area contributed by atoms with Gasteiger partial charge in [0.25, 0.3) is 10.0 Å². The van der Waals surface area contributed by atoms with Gasteiger partial charge in [0.05, 0.1) is 13.2 Å². The third-order valence-corrected chi connectivity index (χ3v) is 7.00. The smallest absolute Gasteiger partial charge is 0.262 e. The fourth-order valence-electron chi connectivity index (χ4n) is 3.39. The highest BCUT2D eigenvalue weighted by Gasteiger charge is 2.31. The Balaban J connectivity index is 1.39. The highest BCUT2D eigenvalue weighted by Crippen LogP contribution is 2.20. The number of ether oxygens (including phenoxy) is 1. The van der Waals surface area contributed by atoms with Crippen LogP contribution >= 0.6 is 0 Å². The number of imidazole rings is 1. The summed E-state index contributed by atoms with van der Waals surface area (Å²) >= 11 is 0. The summed E-state index contributed by atoms with van der Waals surface area (Å²) in [5.74, 6) is 2.29. The van der Waals surface area contributed by atoms with Gasteiger partial charge in [-0.25, -0.2) is 13.4 Å². The quantitative estimate of drug-likeness (QED) is 0.691. The molecular weight excluding hydrogens is 382 g/mol. The number of anilines is 2. The van der Waals surface area contributed by atoms with Crippen LogP contribution in [0.2, 0.25) is 0 Å². The number of aromatic nitrogens is 4. The average molecular weight is 408 g/mol. The van der Waals surface area contributed by atoms with Gasteiger partial charge in [0.2, 0.25) is 0 Å². The fraction of sp³-hybridized carbons (Fsp3) is 0.588. The minimum absolute atomic E-state index is 0.107. The summed E-state index contributed by atoms with van der Waals surface area (Å²) in [7, 11) is -1.78. The van der Waals surface area contributed by atoms with Gasteiger partial charge in [-0.3, -0.25) is 0 Å². The zero-order valence-corrected chi connectivity index (χ0v) is 17.0. The number of aryl methyl sites for hydroxylation is 2. The first-order valence-electron chi connectivity index (χ1n) is 9.36.